The number of carbonyl (C=O) groups is 1. The van der Waals surface area contributed by atoms with Crippen LogP contribution in [0.5, 0.6) is 11.5 Å². The Labute approximate surface area is 141 Å². The highest BCUT2D eigenvalue weighted by atomic mass is 19.1. The fraction of sp³-hybridized carbons (Fsp3) is 0.316. The van der Waals surface area contributed by atoms with E-state index in [2.05, 4.69) is 5.32 Å². The predicted octanol–water partition coefficient (Wildman–Crippen LogP) is 4.11. The van der Waals surface area contributed by atoms with Gasteiger partial charge in [0, 0.05) is 5.56 Å². The van der Waals surface area contributed by atoms with Crippen LogP contribution < -0.4 is 14.8 Å². The second-order valence-corrected chi connectivity index (χ2v) is 5.28. The topological polar surface area (TPSA) is 47.6 Å². The third-order valence-electron chi connectivity index (χ3n) is 3.50. The van der Waals surface area contributed by atoms with Crippen LogP contribution in [0, 0.1) is 5.82 Å². The molecule has 0 bridgehead atoms. The molecule has 0 aliphatic heterocycles. The van der Waals surface area contributed by atoms with Crippen molar-refractivity contribution in [3.05, 3.63) is 59.4 Å². The van der Waals surface area contributed by atoms with Crippen molar-refractivity contribution in [3.63, 3.8) is 0 Å². The maximum Gasteiger partial charge on any atom is 0.251 e. The highest BCUT2D eigenvalue weighted by molar-refractivity contribution is 5.94. The summed E-state index contributed by atoms with van der Waals surface area (Å²) in [6.07, 6.45) is 0. The van der Waals surface area contributed by atoms with Crippen molar-refractivity contribution in [3.8, 4) is 11.5 Å². The van der Waals surface area contributed by atoms with Gasteiger partial charge in [-0.1, -0.05) is 12.1 Å². The lowest BCUT2D eigenvalue weighted by atomic mass is 10.1. The molecular weight excluding hydrogens is 309 g/mol. The molecule has 0 spiro atoms. The average Bonchev–Trinajstić information content (AvgIpc) is 2.56. The molecule has 0 radical (unpaired) electrons. The lowest BCUT2D eigenvalue weighted by Crippen LogP contribution is -2.26. The smallest absolute Gasteiger partial charge is 0.251 e. The predicted molar refractivity (Wildman–Crippen MR) is 91.1 cm³/mol. The number of hydrogen-bond donors (Lipinski definition) is 1. The summed E-state index contributed by atoms with van der Waals surface area (Å²) in [5.74, 6) is 0.555. The number of nitrogens with one attached hydrogen (secondary N) is 1. The molecule has 1 amide bonds. The standard InChI is InChI=1S/C19H22FNO3/c1-4-23-17-10-9-14(12-18(17)24-5-2)13(3)21-19(22)15-7-6-8-16(20)11-15/h6-13H,4-5H2,1-3H3,(H,21,22). The molecule has 0 fully saturated rings. The van der Waals surface area contributed by atoms with Gasteiger partial charge in [0.15, 0.2) is 11.5 Å². The molecule has 0 aliphatic rings. The summed E-state index contributed by atoms with van der Waals surface area (Å²) in [5.41, 5.74) is 1.17. The first kappa shape index (κ1) is 17.8. The van der Waals surface area contributed by atoms with Crippen LogP contribution >= 0.6 is 0 Å². The lowest BCUT2D eigenvalue weighted by molar-refractivity contribution is 0.0939. The second-order valence-electron chi connectivity index (χ2n) is 5.28. The Morgan fingerprint density at radius 3 is 2.46 bits per heavy atom. The fourth-order valence-electron chi connectivity index (χ4n) is 2.33. The second kappa shape index (κ2) is 8.34. The van der Waals surface area contributed by atoms with Crippen LogP contribution in [0.4, 0.5) is 4.39 Å². The minimum Gasteiger partial charge on any atom is -0.490 e. The van der Waals surface area contributed by atoms with E-state index >= 15 is 0 Å². The van der Waals surface area contributed by atoms with Gasteiger partial charge in [0.2, 0.25) is 0 Å². The summed E-state index contributed by atoms with van der Waals surface area (Å²) in [4.78, 5) is 12.2. The number of hydrogen-bond acceptors (Lipinski definition) is 3. The zero-order valence-corrected chi connectivity index (χ0v) is 14.1. The van der Waals surface area contributed by atoms with E-state index in [1.54, 1.807) is 6.07 Å². The van der Waals surface area contributed by atoms with E-state index in [0.717, 1.165) is 5.56 Å². The Morgan fingerprint density at radius 2 is 1.79 bits per heavy atom. The molecule has 0 aliphatic carbocycles. The molecule has 0 aromatic heterocycles. The largest absolute Gasteiger partial charge is 0.490 e. The van der Waals surface area contributed by atoms with E-state index in [0.29, 0.717) is 24.7 Å². The van der Waals surface area contributed by atoms with E-state index in [1.165, 1.54) is 18.2 Å². The minimum absolute atomic E-state index is 0.254. The van der Waals surface area contributed by atoms with Crippen molar-refractivity contribution in [2.75, 3.05) is 13.2 Å². The van der Waals surface area contributed by atoms with Crippen molar-refractivity contribution in [1.29, 1.82) is 0 Å². The fourth-order valence-corrected chi connectivity index (χ4v) is 2.33. The Bertz CT molecular complexity index is 703. The van der Waals surface area contributed by atoms with Crippen molar-refractivity contribution < 1.29 is 18.7 Å². The Balaban J connectivity index is 2.15. The van der Waals surface area contributed by atoms with Crippen LogP contribution in [-0.4, -0.2) is 19.1 Å². The van der Waals surface area contributed by atoms with Crippen LogP contribution in [-0.2, 0) is 0 Å². The number of rotatable bonds is 7. The van der Waals surface area contributed by atoms with Gasteiger partial charge in [-0.15, -0.1) is 0 Å². The van der Waals surface area contributed by atoms with E-state index in [1.807, 2.05) is 39.0 Å². The van der Waals surface area contributed by atoms with Gasteiger partial charge in [-0.05, 0) is 56.7 Å². The van der Waals surface area contributed by atoms with Gasteiger partial charge >= 0.3 is 0 Å². The first-order valence-corrected chi connectivity index (χ1v) is 8.01. The van der Waals surface area contributed by atoms with Gasteiger partial charge in [-0.3, -0.25) is 4.79 Å². The Kier molecular flexibility index (Phi) is 6.18. The zero-order chi connectivity index (χ0) is 17.5. The van der Waals surface area contributed by atoms with E-state index in [4.69, 9.17) is 9.47 Å². The van der Waals surface area contributed by atoms with Gasteiger partial charge < -0.3 is 14.8 Å². The van der Waals surface area contributed by atoms with Crippen LogP contribution in [0.2, 0.25) is 0 Å². The summed E-state index contributed by atoms with van der Waals surface area (Å²) in [5, 5.41) is 2.86. The third kappa shape index (κ3) is 4.47. The third-order valence-corrected chi connectivity index (χ3v) is 3.50. The maximum atomic E-state index is 13.2. The van der Waals surface area contributed by atoms with Crippen molar-refractivity contribution >= 4 is 5.91 Å². The van der Waals surface area contributed by atoms with E-state index in [-0.39, 0.29) is 17.5 Å². The minimum atomic E-state index is -0.435. The number of ether oxygens (including phenoxy) is 2. The molecular formula is C19H22FNO3. The molecule has 0 saturated carbocycles. The van der Waals surface area contributed by atoms with Gasteiger partial charge in [0.25, 0.3) is 5.91 Å². The molecule has 24 heavy (non-hydrogen) atoms. The van der Waals surface area contributed by atoms with Gasteiger partial charge in [-0.25, -0.2) is 4.39 Å². The number of amides is 1. The van der Waals surface area contributed by atoms with Crippen LogP contribution in [0.3, 0.4) is 0 Å². The number of benzene rings is 2. The molecule has 2 aromatic rings. The molecule has 2 aromatic carbocycles. The highest BCUT2D eigenvalue weighted by Crippen LogP contribution is 2.30. The summed E-state index contributed by atoms with van der Waals surface area (Å²) >= 11 is 0. The molecule has 1 atom stereocenters. The quantitative estimate of drug-likeness (QED) is 0.830. The molecule has 0 heterocycles. The van der Waals surface area contributed by atoms with E-state index in [9.17, 15) is 9.18 Å². The first-order valence-electron chi connectivity index (χ1n) is 8.01. The van der Waals surface area contributed by atoms with Gasteiger partial charge in [0.05, 0.1) is 19.3 Å². The summed E-state index contributed by atoms with van der Waals surface area (Å²) in [7, 11) is 0. The number of halogens is 1. The average molecular weight is 331 g/mol. The van der Waals surface area contributed by atoms with Crippen molar-refractivity contribution in [2.45, 2.75) is 26.8 Å². The lowest BCUT2D eigenvalue weighted by Gasteiger charge is -2.17. The molecule has 4 nitrogen and oxygen atoms in total. The maximum absolute atomic E-state index is 13.2. The van der Waals surface area contributed by atoms with Crippen LogP contribution in [0.15, 0.2) is 42.5 Å². The molecule has 5 heteroatoms. The molecule has 1 unspecified atom stereocenters. The zero-order valence-electron chi connectivity index (χ0n) is 14.1. The molecule has 2 rings (SSSR count). The van der Waals surface area contributed by atoms with Gasteiger partial charge in [-0.2, -0.15) is 0 Å². The van der Waals surface area contributed by atoms with E-state index < -0.39 is 5.82 Å². The number of carbonyl (C=O) groups excluding carboxylic acids is 1. The first-order chi connectivity index (χ1) is 11.5. The van der Waals surface area contributed by atoms with Crippen molar-refractivity contribution in [1.82, 2.24) is 5.32 Å². The van der Waals surface area contributed by atoms with Crippen molar-refractivity contribution in [2.24, 2.45) is 0 Å². The monoisotopic (exact) mass is 331 g/mol. The van der Waals surface area contributed by atoms with Gasteiger partial charge in [0.1, 0.15) is 5.82 Å². The molecule has 1 N–H and O–H groups in total. The summed E-state index contributed by atoms with van der Waals surface area (Å²) < 4.78 is 24.4. The normalized spacial score (nSPS) is 11.7. The molecule has 0 saturated heterocycles. The SMILES string of the molecule is CCOc1ccc(C(C)NC(=O)c2cccc(F)c2)cc1OCC. The summed E-state index contributed by atoms with van der Waals surface area (Å²) in [6.45, 7) is 6.74. The highest BCUT2D eigenvalue weighted by Gasteiger charge is 2.14. The van der Waals surface area contributed by atoms with Crippen LogP contribution in [0.25, 0.3) is 0 Å². The molecule has 128 valence electrons. The summed E-state index contributed by atoms with van der Waals surface area (Å²) in [6, 6.07) is 10.9. The van der Waals surface area contributed by atoms with Crippen LogP contribution in [0.1, 0.15) is 42.7 Å². The Hall–Kier alpha value is -2.56. The Morgan fingerprint density at radius 1 is 1.08 bits per heavy atom.